The third-order valence-corrected chi connectivity index (χ3v) is 8.01. The van der Waals surface area contributed by atoms with Gasteiger partial charge in [-0.15, -0.1) is 0 Å². The maximum absolute atomic E-state index is 12.2. The molecule has 0 saturated carbocycles. The molecule has 1 fully saturated rings. The molecular weight excluding hydrogens is 496 g/mol. The summed E-state index contributed by atoms with van der Waals surface area (Å²) in [6.07, 6.45) is 13.9. The number of aliphatic imine (C=N–C) groups is 1. The van der Waals surface area contributed by atoms with Crippen LogP contribution in [0.4, 0.5) is 0 Å². The zero-order chi connectivity index (χ0) is 27.7. The van der Waals surface area contributed by atoms with Gasteiger partial charge in [0.15, 0.2) is 11.7 Å². The fourth-order valence-electron chi connectivity index (χ4n) is 5.58. The molecule has 0 spiro atoms. The Morgan fingerprint density at radius 3 is 2.30 bits per heavy atom. The molecule has 5 rings (SSSR count). The second kappa shape index (κ2) is 13.4. The quantitative estimate of drug-likeness (QED) is 0.298. The molecule has 2 aromatic carbocycles. The highest BCUT2D eigenvalue weighted by molar-refractivity contribution is 5.94. The second-order valence-electron chi connectivity index (χ2n) is 10.9. The third-order valence-electron chi connectivity index (χ3n) is 8.01. The molecule has 2 atom stereocenters. The number of nitrogens with zero attached hydrogens (tertiary/aromatic N) is 5. The average Bonchev–Trinajstić information content (AvgIpc) is 3.46. The lowest BCUT2D eigenvalue weighted by atomic mass is 9.95. The topological polar surface area (TPSA) is 79.7 Å². The van der Waals surface area contributed by atoms with Crippen molar-refractivity contribution in [2.45, 2.75) is 51.4 Å². The van der Waals surface area contributed by atoms with Crippen molar-refractivity contribution in [2.24, 2.45) is 16.6 Å². The van der Waals surface area contributed by atoms with Crippen LogP contribution >= 0.6 is 0 Å². The number of carbonyl (C=O) groups excluding carboxylic acids is 1. The van der Waals surface area contributed by atoms with Crippen molar-refractivity contribution in [1.82, 2.24) is 19.4 Å². The maximum Gasteiger partial charge on any atom is 0.191 e. The highest BCUT2D eigenvalue weighted by Crippen LogP contribution is 2.25. The molecule has 2 N–H and O–H groups in total. The zero-order valence-electron chi connectivity index (χ0n) is 23.3. The van der Waals surface area contributed by atoms with Gasteiger partial charge in [0.25, 0.3) is 0 Å². The van der Waals surface area contributed by atoms with Crippen LogP contribution in [0, 0.1) is 5.92 Å². The number of likely N-dealkylation sites (tertiary alicyclic amines) is 1. The number of aromatic nitrogens is 2. The summed E-state index contributed by atoms with van der Waals surface area (Å²) >= 11 is 0. The van der Waals surface area contributed by atoms with Gasteiger partial charge in [0.05, 0.1) is 6.54 Å². The molecule has 40 heavy (non-hydrogen) atoms. The van der Waals surface area contributed by atoms with Crippen LogP contribution in [-0.4, -0.2) is 56.8 Å². The molecule has 7 nitrogen and oxygen atoms in total. The molecule has 1 aliphatic heterocycles. The monoisotopic (exact) mass is 536 g/mol. The van der Waals surface area contributed by atoms with E-state index in [9.17, 15) is 4.79 Å². The summed E-state index contributed by atoms with van der Waals surface area (Å²) < 4.78 is 2.26. The van der Waals surface area contributed by atoms with E-state index in [1.165, 1.54) is 11.1 Å². The molecule has 208 valence electrons. The van der Waals surface area contributed by atoms with E-state index in [0.29, 0.717) is 25.0 Å². The molecule has 0 amide bonds. The van der Waals surface area contributed by atoms with E-state index in [2.05, 4.69) is 93.1 Å². The summed E-state index contributed by atoms with van der Waals surface area (Å²) in [6.45, 7) is 6.32. The first-order valence-corrected chi connectivity index (χ1v) is 14.3. The fourth-order valence-corrected chi connectivity index (χ4v) is 5.58. The molecule has 0 bridgehead atoms. The first-order chi connectivity index (χ1) is 19.6. The summed E-state index contributed by atoms with van der Waals surface area (Å²) in [5.74, 6) is 1.62. The first-order valence-electron chi connectivity index (χ1n) is 14.3. The second-order valence-corrected chi connectivity index (χ2v) is 10.9. The number of imidazole rings is 1. The van der Waals surface area contributed by atoms with Crippen molar-refractivity contribution in [3.63, 3.8) is 0 Å². The average molecular weight is 537 g/mol. The Hall–Kier alpha value is -3.97. The van der Waals surface area contributed by atoms with Crippen LogP contribution in [-0.2, 0) is 24.3 Å². The van der Waals surface area contributed by atoms with Crippen molar-refractivity contribution in [3.8, 4) is 0 Å². The van der Waals surface area contributed by atoms with Gasteiger partial charge >= 0.3 is 0 Å². The van der Waals surface area contributed by atoms with Gasteiger partial charge < -0.3 is 15.2 Å². The SMILES string of the molecule is C[C@@H](CN=C(N)N1CCC(n2ccnc2CC2C=CC=CC2=O)CC1)N(Cc1ccccc1)Cc1ccccc1. The van der Waals surface area contributed by atoms with E-state index < -0.39 is 0 Å². The van der Waals surface area contributed by atoms with Gasteiger partial charge in [0.2, 0.25) is 0 Å². The Bertz CT molecular complexity index is 1280. The largest absolute Gasteiger partial charge is 0.370 e. The number of hydrogen-bond donors (Lipinski definition) is 1. The number of guanidine groups is 1. The molecule has 1 saturated heterocycles. The first kappa shape index (κ1) is 27.6. The van der Waals surface area contributed by atoms with Crippen LogP contribution in [0.5, 0.6) is 0 Å². The van der Waals surface area contributed by atoms with Crippen molar-refractivity contribution in [3.05, 3.63) is 114 Å². The highest BCUT2D eigenvalue weighted by atomic mass is 16.1. The number of ketones is 1. The van der Waals surface area contributed by atoms with Crippen molar-refractivity contribution >= 4 is 11.7 Å². The third kappa shape index (κ3) is 7.16. The molecule has 1 aliphatic carbocycles. The lowest BCUT2D eigenvalue weighted by Crippen LogP contribution is -2.44. The molecule has 0 radical (unpaired) electrons. The van der Waals surface area contributed by atoms with Gasteiger partial charge in [-0.2, -0.15) is 0 Å². The summed E-state index contributed by atoms with van der Waals surface area (Å²) in [4.78, 5) is 26.4. The zero-order valence-corrected chi connectivity index (χ0v) is 23.3. The number of rotatable bonds is 10. The van der Waals surface area contributed by atoms with E-state index in [1.807, 2.05) is 18.3 Å². The van der Waals surface area contributed by atoms with E-state index in [0.717, 1.165) is 44.8 Å². The normalized spacial score (nSPS) is 18.9. The van der Waals surface area contributed by atoms with Crippen molar-refractivity contribution < 1.29 is 4.79 Å². The summed E-state index contributed by atoms with van der Waals surface area (Å²) in [6, 6.07) is 21.8. The molecular formula is C33H40N6O. The van der Waals surface area contributed by atoms with E-state index in [4.69, 9.17) is 10.7 Å². The predicted octanol–water partition coefficient (Wildman–Crippen LogP) is 4.78. The van der Waals surface area contributed by atoms with E-state index in [-0.39, 0.29) is 17.7 Å². The van der Waals surface area contributed by atoms with Crippen molar-refractivity contribution in [1.29, 1.82) is 0 Å². The van der Waals surface area contributed by atoms with Gasteiger partial charge in [-0.25, -0.2) is 4.98 Å². The van der Waals surface area contributed by atoms with Crippen LogP contribution < -0.4 is 5.73 Å². The lowest BCUT2D eigenvalue weighted by Gasteiger charge is -2.34. The molecule has 1 unspecified atom stereocenters. The summed E-state index contributed by atoms with van der Waals surface area (Å²) in [5.41, 5.74) is 9.11. The number of nitrogens with two attached hydrogens (primary N) is 1. The smallest absolute Gasteiger partial charge is 0.191 e. The lowest BCUT2D eigenvalue weighted by molar-refractivity contribution is -0.117. The summed E-state index contributed by atoms with van der Waals surface area (Å²) in [5, 5.41) is 0. The minimum absolute atomic E-state index is 0.126. The Balaban J connectivity index is 1.17. The Kier molecular flexibility index (Phi) is 9.24. The standard InChI is InChI=1S/C33H40N6O/c1-26(38(24-27-10-4-2-5-11-27)25-28-12-6-3-7-13-28)23-36-33(34)37-19-16-30(17-20-37)39-21-18-35-32(39)22-29-14-8-9-15-31(29)40/h2-15,18,21,26,29-30H,16-17,19-20,22-25H2,1H3,(H2,34,36)/t26-,29?/m0/s1. The number of piperidine rings is 1. The van der Waals surface area contributed by atoms with Crippen LogP contribution in [0.25, 0.3) is 0 Å². The number of benzene rings is 2. The fraction of sp³-hybridized carbons (Fsp3) is 0.364. The van der Waals surface area contributed by atoms with Crippen LogP contribution in [0.3, 0.4) is 0 Å². The van der Waals surface area contributed by atoms with Crippen LogP contribution in [0.15, 0.2) is 102 Å². The number of carbonyl (C=O) groups is 1. The Morgan fingerprint density at radius 1 is 1.02 bits per heavy atom. The van der Waals surface area contributed by atoms with E-state index >= 15 is 0 Å². The van der Waals surface area contributed by atoms with Gasteiger partial charge in [0.1, 0.15) is 5.82 Å². The number of allylic oxidation sites excluding steroid dienone is 4. The maximum atomic E-state index is 12.2. The van der Waals surface area contributed by atoms with Gasteiger partial charge in [-0.3, -0.25) is 14.7 Å². The van der Waals surface area contributed by atoms with Crippen LogP contribution in [0.2, 0.25) is 0 Å². The Labute approximate surface area is 237 Å². The molecule has 7 heteroatoms. The van der Waals surface area contributed by atoms with Gasteiger partial charge in [-0.1, -0.05) is 78.9 Å². The molecule has 2 aliphatic rings. The van der Waals surface area contributed by atoms with Crippen LogP contribution in [0.1, 0.15) is 42.8 Å². The van der Waals surface area contributed by atoms with E-state index in [1.54, 1.807) is 12.2 Å². The minimum Gasteiger partial charge on any atom is -0.370 e. The number of hydrogen-bond acceptors (Lipinski definition) is 4. The predicted molar refractivity (Wildman–Crippen MR) is 161 cm³/mol. The minimum atomic E-state index is -0.126. The highest BCUT2D eigenvalue weighted by Gasteiger charge is 2.25. The van der Waals surface area contributed by atoms with Crippen molar-refractivity contribution in [2.75, 3.05) is 19.6 Å². The van der Waals surface area contributed by atoms with Gasteiger partial charge in [0, 0.05) is 63.0 Å². The summed E-state index contributed by atoms with van der Waals surface area (Å²) in [7, 11) is 0. The molecule has 2 heterocycles. The molecule has 3 aromatic rings. The molecule has 1 aromatic heterocycles. The van der Waals surface area contributed by atoms with Gasteiger partial charge in [-0.05, 0) is 37.0 Å². The Morgan fingerprint density at radius 2 is 1.68 bits per heavy atom.